The first-order valence-electron chi connectivity index (χ1n) is 7.27. The third-order valence-electron chi connectivity index (χ3n) is 2.92. The minimum absolute atomic E-state index is 0.106. The highest BCUT2D eigenvalue weighted by atomic mass is 16.7. The average molecular weight is 275 g/mol. The van der Waals surface area contributed by atoms with Gasteiger partial charge in [0, 0.05) is 32.7 Å². The van der Waals surface area contributed by atoms with Gasteiger partial charge in [0.1, 0.15) is 0 Å². The van der Waals surface area contributed by atoms with Gasteiger partial charge in [-0.05, 0) is 27.7 Å². The van der Waals surface area contributed by atoms with Crippen LogP contribution >= 0.6 is 0 Å². The summed E-state index contributed by atoms with van der Waals surface area (Å²) < 4.78 is 22.5. The Labute approximate surface area is 116 Å². The second-order valence-corrected chi connectivity index (χ2v) is 5.33. The van der Waals surface area contributed by atoms with Gasteiger partial charge in [-0.25, -0.2) is 0 Å². The van der Waals surface area contributed by atoms with Crippen LogP contribution in [0.4, 0.5) is 0 Å². The first-order chi connectivity index (χ1) is 9.07. The van der Waals surface area contributed by atoms with E-state index in [9.17, 15) is 0 Å². The molecule has 19 heavy (non-hydrogen) atoms. The first-order valence-corrected chi connectivity index (χ1v) is 7.27. The SMILES string of the molecule is CCOC(CCOCC1CNCC(C)(C)O1)OCC. The summed E-state index contributed by atoms with van der Waals surface area (Å²) >= 11 is 0. The summed E-state index contributed by atoms with van der Waals surface area (Å²) in [5.41, 5.74) is -0.106. The summed E-state index contributed by atoms with van der Waals surface area (Å²) in [4.78, 5) is 0. The van der Waals surface area contributed by atoms with E-state index >= 15 is 0 Å². The molecule has 0 aliphatic carbocycles. The van der Waals surface area contributed by atoms with Gasteiger partial charge < -0.3 is 24.3 Å². The maximum atomic E-state index is 5.93. The third kappa shape index (κ3) is 7.22. The zero-order valence-electron chi connectivity index (χ0n) is 12.7. The maximum absolute atomic E-state index is 5.93. The fourth-order valence-electron chi connectivity index (χ4n) is 2.14. The van der Waals surface area contributed by atoms with E-state index in [2.05, 4.69) is 19.2 Å². The van der Waals surface area contributed by atoms with Crippen molar-refractivity contribution in [3.05, 3.63) is 0 Å². The predicted octanol–water partition coefficient (Wildman–Crippen LogP) is 1.56. The largest absolute Gasteiger partial charge is 0.379 e. The number of nitrogens with one attached hydrogen (secondary N) is 1. The molecule has 1 unspecified atom stereocenters. The van der Waals surface area contributed by atoms with Crippen molar-refractivity contribution in [1.82, 2.24) is 5.32 Å². The molecule has 5 heteroatoms. The molecule has 1 fully saturated rings. The molecule has 0 aromatic heterocycles. The van der Waals surface area contributed by atoms with Crippen LogP contribution in [0.5, 0.6) is 0 Å². The number of rotatable bonds is 9. The Hall–Kier alpha value is -0.200. The second kappa shape index (κ2) is 8.87. The van der Waals surface area contributed by atoms with Gasteiger partial charge in [0.2, 0.25) is 0 Å². The highest BCUT2D eigenvalue weighted by molar-refractivity contribution is 4.81. The molecule has 1 aliphatic rings. The summed E-state index contributed by atoms with van der Waals surface area (Å²) in [5, 5.41) is 3.36. The standard InChI is InChI=1S/C14H29NO4/c1-5-17-13(18-6-2)7-8-16-10-12-9-15-11-14(3,4)19-12/h12-13,15H,5-11H2,1-4H3. The van der Waals surface area contributed by atoms with Gasteiger partial charge in [-0.15, -0.1) is 0 Å². The van der Waals surface area contributed by atoms with Crippen LogP contribution in [0.1, 0.15) is 34.1 Å². The lowest BCUT2D eigenvalue weighted by Gasteiger charge is -2.36. The van der Waals surface area contributed by atoms with Crippen molar-refractivity contribution in [2.75, 3.05) is 39.5 Å². The van der Waals surface area contributed by atoms with Crippen molar-refractivity contribution >= 4 is 0 Å². The van der Waals surface area contributed by atoms with Gasteiger partial charge in [-0.1, -0.05) is 0 Å². The first kappa shape index (κ1) is 16.9. The number of hydrogen-bond donors (Lipinski definition) is 1. The monoisotopic (exact) mass is 275 g/mol. The highest BCUT2D eigenvalue weighted by Gasteiger charge is 2.28. The number of hydrogen-bond acceptors (Lipinski definition) is 5. The second-order valence-electron chi connectivity index (χ2n) is 5.33. The van der Waals surface area contributed by atoms with Gasteiger partial charge in [-0.3, -0.25) is 0 Å². The average Bonchev–Trinajstić information content (AvgIpc) is 2.34. The normalized spacial score (nSPS) is 22.9. The fourth-order valence-corrected chi connectivity index (χ4v) is 2.14. The van der Waals surface area contributed by atoms with Gasteiger partial charge in [-0.2, -0.15) is 0 Å². The summed E-state index contributed by atoms with van der Waals surface area (Å²) in [6, 6.07) is 0. The molecule has 0 amide bonds. The Bertz CT molecular complexity index is 229. The summed E-state index contributed by atoms with van der Waals surface area (Å²) in [7, 11) is 0. The fraction of sp³-hybridized carbons (Fsp3) is 1.00. The Balaban J connectivity index is 2.12. The Morgan fingerprint density at radius 3 is 2.53 bits per heavy atom. The molecule has 114 valence electrons. The molecule has 1 rings (SSSR count). The van der Waals surface area contributed by atoms with Crippen LogP contribution < -0.4 is 5.32 Å². The molecular formula is C14H29NO4. The minimum Gasteiger partial charge on any atom is -0.379 e. The number of ether oxygens (including phenoxy) is 4. The van der Waals surface area contributed by atoms with E-state index in [0.717, 1.165) is 19.5 Å². The van der Waals surface area contributed by atoms with E-state index in [4.69, 9.17) is 18.9 Å². The molecule has 0 radical (unpaired) electrons. The molecule has 0 saturated carbocycles. The van der Waals surface area contributed by atoms with Crippen LogP contribution in [0.25, 0.3) is 0 Å². The van der Waals surface area contributed by atoms with E-state index < -0.39 is 0 Å². The summed E-state index contributed by atoms with van der Waals surface area (Å²) in [6.45, 7) is 12.4. The van der Waals surface area contributed by atoms with Crippen LogP contribution in [-0.4, -0.2) is 57.5 Å². The molecule has 1 atom stereocenters. The van der Waals surface area contributed by atoms with E-state index in [1.165, 1.54) is 0 Å². The van der Waals surface area contributed by atoms with Crippen LogP contribution in [-0.2, 0) is 18.9 Å². The zero-order valence-corrected chi connectivity index (χ0v) is 12.7. The lowest BCUT2D eigenvalue weighted by atomic mass is 10.1. The summed E-state index contributed by atoms with van der Waals surface area (Å²) in [6.07, 6.45) is 0.726. The highest BCUT2D eigenvalue weighted by Crippen LogP contribution is 2.15. The van der Waals surface area contributed by atoms with Crippen LogP contribution in [0, 0.1) is 0 Å². The van der Waals surface area contributed by atoms with E-state index in [1.54, 1.807) is 0 Å². The van der Waals surface area contributed by atoms with Crippen molar-refractivity contribution < 1.29 is 18.9 Å². The molecule has 0 aromatic carbocycles. The Morgan fingerprint density at radius 1 is 1.26 bits per heavy atom. The molecule has 1 heterocycles. The van der Waals surface area contributed by atoms with Crippen LogP contribution in [0.15, 0.2) is 0 Å². The van der Waals surface area contributed by atoms with Crippen LogP contribution in [0.2, 0.25) is 0 Å². The number of morpholine rings is 1. The lowest BCUT2D eigenvalue weighted by molar-refractivity contribution is -0.154. The molecule has 1 aliphatic heterocycles. The lowest BCUT2D eigenvalue weighted by Crippen LogP contribution is -2.51. The van der Waals surface area contributed by atoms with Crippen LogP contribution in [0.3, 0.4) is 0 Å². The van der Waals surface area contributed by atoms with Crippen molar-refractivity contribution in [2.45, 2.75) is 52.1 Å². The summed E-state index contributed by atoms with van der Waals surface area (Å²) in [5.74, 6) is 0. The molecule has 1 saturated heterocycles. The van der Waals surface area contributed by atoms with Crippen molar-refractivity contribution in [1.29, 1.82) is 0 Å². The molecule has 1 N–H and O–H groups in total. The molecule has 0 bridgehead atoms. The van der Waals surface area contributed by atoms with Crippen molar-refractivity contribution in [3.63, 3.8) is 0 Å². The van der Waals surface area contributed by atoms with Crippen molar-refractivity contribution in [2.24, 2.45) is 0 Å². The van der Waals surface area contributed by atoms with Gasteiger partial charge in [0.25, 0.3) is 0 Å². The molecule has 5 nitrogen and oxygen atoms in total. The van der Waals surface area contributed by atoms with Crippen molar-refractivity contribution in [3.8, 4) is 0 Å². The minimum atomic E-state index is -0.156. The third-order valence-corrected chi connectivity index (χ3v) is 2.92. The smallest absolute Gasteiger partial charge is 0.159 e. The van der Waals surface area contributed by atoms with E-state index in [0.29, 0.717) is 26.4 Å². The van der Waals surface area contributed by atoms with E-state index in [-0.39, 0.29) is 18.0 Å². The van der Waals surface area contributed by atoms with E-state index in [1.807, 2.05) is 13.8 Å². The Morgan fingerprint density at radius 2 is 1.95 bits per heavy atom. The predicted molar refractivity (Wildman–Crippen MR) is 74.3 cm³/mol. The topological polar surface area (TPSA) is 49.0 Å². The molecular weight excluding hydrogens is 246 g/mol. The molecule has 0 aromatic rings. The van der Waals surface area contributed by atoms with Gasteiger partial charge in [0.15, 0.2) is 6.29 Å². The quantitative estimate of drug-likeness (QED) is 0.511. The maximum Gasteiger partial charge on any atom is 0.159 e. The van der Waals surface area contributed by atoms with Gasteiger partial charge in [0.05, 0.1) is 24.9 Å². The zero-order chi connectivity index (χ0) is 14.1. The Kier molecular flexibility index (Phi) is 7.87. The molecule has 0 spiro atoms. The van der Waals surface area contributed by atoms with Gasteiger partial charge >= 0.3 is 0 Å².